The Morgan fingerprint density at radius 3 is 2.22 bits per heavy atom. The van der Waals surface area contributed by atoms with Crippen LogP contribution in [-0.2, 0) is 11.0 Å². The fourth-order valence-corrected chi connectivity index (χ4v) is 5.80. The monoisotopic (exact) mass is 578 g/mol. The summed E-state index contributed by atoms with van der Waals surface area (Å²) in [4.78, 5) is 44.1. The maximum absolute atomic E-state index is 14.3. The number of aliphatic hydroxyl groups is 1. The molecule has 2 fully saturated rings. The maximum atomic E-state index is 14.3. The molecule has 2 saturated heterocycles. The molecule has 2 aliphatic heterocycles. The first-order chi connectivity index (χ1) is 19.2. The van der Waals surface area contributed by atoms with E-state index in [2.05, 4.69) is 5.32 Å². The number of carbonyl (C=O) groups is 3. The molecule has 2 N–H and O–H groups in total. The number of nitrogens with one attached hydrogen (secondary N) is 1. The van der Waals surface area contributed by atoms with Gasteiger partial charge in [-0.25, -0.2) is 9.18 Å². The van der Waals surface area contributed by atoms with Gasteiger partial charge in [-0.2, -0.15) is 13.2 Å². The van der Waals surface area contributed by atoms with E-state index in [0.29, 0.717) is 18.2 Å². The predicted octanol–water partition coefficient (Wildman–Crippen LogP) is 4.41. The van der Waals surface area contributed by atoms with Crippen molar-refractivity contribution >= 4 is 17.8 Å². The summed E-state index contributed by atoms with van der Waals surface area (Å²) in [5, 5.41) is 13.6. The fraction of sp³-hybridized carbons (Fsp3) is 0.483. The summed E-state index contributed by atoms with van der Waals surface area (Å²) in [6, 6.07) is 9.13. The highest BCUT2D eigenvalue weighted by atomic mass is 19.4. The van der Waals surface area contributed by atoms with Crippen LogP contribution in [0.2, 0.25) is 0 Å². The van der Waals surface area contributed by atoms with Gasteiger partial charge in [-0.05, 0) is 49.4 Å². The Hall–Kier alpha value is -3.67. The van der Waals surface area contributed by atoms with Crippen LogP contribution < -0.4 is 5.32 Å². The van der Waals surface area contributed by atoms with Crippen LogP contribution in [0.5, 0.6) is 0 Å². The van der Waals surface area contributed by atoms with Gasteiger partial charge in [0.15, 0.2) is 6.23 Å². The lowest BCUT2D eigenvalue weighted by Crippen LogP contribution is -2.61. The smallest absolute Gasteiger partial charge is 0.371 e. The van der Waals surface area contributed by atoms with Crippen LogP contribution in [-0.4, -0.2) is 75.6 Å². The Labute approximate surface area is 235 Å². The first-order valence-electron chi connectivity index (χ1n) is 13.4. The fourth-order valence-electron chi connectivity index (χ4n) is 5.80. The molecule has 2 aromatic carbocycles. The molecule has 0 bridgehead atoms. The van der Waals surface area contributed by atoms with E-state index in [-0.39, 0.29) is 38.0 Å². The number of aliphatic hydroxyl groups excluding tert-OH is 1. The lowest BCUT2D eigenvalue weighted by Gasteiger charge is -2.47. The molecule has 0 aliphatic carbocycles. The van der Waals surface area contributed by atoms with Crippen molar-refractivity contribution in [1.82, 2.24) is 20.0 Å². The number of urea groups is 1. The minimum atomic E-state index is -4.77. The molecule has 12 heteroatoms. The number of rotatable bonds is 6. The Morgan fingerprint density at radius 1 is 1.05 bits per heavy atom. The molecule has 0 aromatic heterocycles. The van der Waals surface area contributed by atoms with Gasteiger partial charge < -0.3 is 20.2 Å². The van der Waals surface area contributed by atoms with Gasteiger partial charge in [0.1, 0.15) is 11.9 Å². The highest BCUT2D eigenvalue weighted by molar-refractivity contribution is 5.98. The van der Waals surface area contributed by atoms with Crippen LogP contribution in [0.3, 0.4) is 0 Å². The average molecular weight is 579 g/mol. The van der Waals surface area contributed by atoms with Crippen molar-refractivity contribution < 1.29 is 37.1 Å². The maximum Gasteiger partial charge on any atom is 0.416 e. The van der Waals surface area contributed by atoms with Crippen LogP contribution in [0.4, 0.5) is 22.4 Å². The molecule has 4 rings (SSSR count). The minimum Gasteiger partial charge on any atom is -0.371 e. The van der Waals surface area contributed by atoms with Gasteiger partial charge in [0, 0.05) is 20.1 Å². The van der Waals surface area contributed by atoms with Gasteiger partial charge in [0.2, 0.25) is 5.91 Å². The largest absolute Gasteiger partial charge is 0.416 e. The summed E-state index contributed by atoms with van der Waals surface area (Å²) in [6.07, 6.45) is -5.36. The number of likely N-dealkylation sites (tertiary alicyclic amines) is 1. The number of nitrogens with zero attached hydrogens (tertiary/aromatic N) is 3. The average Bonchev–Trinajstić information content (AvgIpc) is 3.11. The standard InChI is InChI=1S/C29H34F4N4O4/c1-17(2)23(34-24(38)21-16-20(29(31,32)33)10-11-22(21)30)25(39)36-14-12-28(13-15-36)26(40)35(4)27(41)37(28)18(3)19-8-6-5-7-9-19/h5-11,16-18,23,26,40H,12-15H2,1-4H3,(H,34,38). The zero-order valence-corrected chi connectivity index (χ0v) is 23.3. The first kappa shape index (κ1) is 30.3. The van der Waals surface area contributed by atoms with Gasteiger partial charge in [-0.1, -0.05) is 44.2 Å². The third-order valence-electron chi connectivity index (χ3n) is 8.20. The Morgan fingerprint density at radius 2 is 1.66 bits per heavy atom. The Bertz CT molecular complexity index is 1300. The zero-order chi connectivity index (χ0) is 30.3. The summed E-state index contributed by atoms with van der Waals surface area (Å²) in [6.45, 7) is 5.52. The second-order valence-electron chi connectivity index (χ2n) is 11.0. The van der Waals surface area contributed by atoms with Gasteiger partial charge in [-0.3, -0.25) is 14.5 Å². The summed E-state index contributed by atoms with van der Waals surface area (Å²) in [5.41, 5.74) is -2.06. The van der Waals surface area contributed by atoms with Gasteiger partial charge in [0.25, 0.3) is 5.91 Å². The summed E-state index contributed by atoms with van der Waals surface area (Å²) in [7, 11) is 1.53. The van der Waals surface area contributed by atoms with Crippen molar-refractivity contribution in [2.24, 2.45) is 5.92 Å². The SMILES string of the molecule is CC(C)C(NC(=O)c1cc(C(F)(F)F)ccc1F)C(=O)N1CCC2(CC1)C(O)N(C)C(=O)N2C(C)c1ccccc1. The van der Waals surface area contributed by atoms with Crippen molar-refractivity contribution in [3.05, 3.63) is 71.0 Å². The van der Waals surface area contributed by atoms with Gasteiger partial charge in [-0.15, -0.1) is 0 Å². The molecule has 3 unspecified atom stereocenters. The number of carbonyl (C=O) groups excluding carboxylic acids is 3. The highest BCUT2D eigenvalue weighted by Gasteiger charge is 2.58. The second-order valence-corrected chi connectivity index (χ2v) is 11.0. The summed E-state index contributed by atoms with van der Waals surface area (Å²) >= 11 is 0. The van der Waals surface area contributed by atoms with Gasteiger partial charge in [0.05, 0.1) is 22.7 Å². The zero-order valence-electron chi connectivity index (χ0n) is 23.3. The highest BCUT2D eigenvalue weighted by Crippen LogP contribution is 2.44. The third kappa shape index (κ3) is 5.61. The molecule has 0 saturated carbocycles. The van der Waals surface area contributed by atoms with Crippen molar-refractivity contribution in [3.63, 3.8) is 0 Å². The number of hydrogen-bond acceptors (Lipinski definition) is 4. The molecule has 8 nitrogen and oxygen atoms in total. The molecule has 4 amide bonds. The quantitative estimate of drug-likeness (QED) is 0.497. The third-order valence-corrected chi connectivity index (χ3v) is 8.20. The van der Waals surface area contributed by atoms with E-state index in [0.717, 1.165) is 5.56 Å². The van der Waals surface area contributed by atoms with E-state index in [1.165, 1.54) is 16.8 Å². The molecule has 2 aliphatic rings. The molecule has 2 aromatic rings. The van der Waals surface area contributed by atoms with E-state index < -0.39 is 58.7 Å². The number of benzene rings is 2. The molecular formula is C29H34F4N4O4. The van der Waals surface area contributed by atoms with Crippen LogP contribution in [0.15, 0.2) is 48.5 Å². The van der Waals surface area contributed by atoms with Crippen LogP contribution in [0.25, 0.3) is 0 Å². The first-order valence-corrected chi connectivity index (χ1v) is 13.4. The van der Waals surface area contributed by atoms with Crippen LogP contribution >= 0.6 is 0 Å². The van der Waals surface area contributed by atoms with Crippen molar-refractivity contribution in [3.8, 4) is 0 Å². The molecule has 1 spiro atoms. The molecule has 0 radical (unpaired) electrons. The van der Waals surface area contributed by atoms with E-state index in [1.807, 2.05) is 37.3 Å². The topological polar surface area (TPSA) is 93.2 Å². The number of amides is 4. The Kier molecular flexibility index (Phi) is 8.35. The molecule has 41 heavy (non-hydrogen) atoms. The number of likely N-dealkylation sites (N-methyl/N-ethyl adjacent to an activating group) is 1. The second kappa shape index (κ2) is 11.3. The van der Waals surface area contributed by atoms with Crippen molar-refractivity contribution in [2.75, 3.05) is 20.1 Å². The minimum absolute atomic E-state index is 0.159. The van der Waals surface area contributed by atoms with E-state index >= 15 is 0 Å². The number of halogens is 4. The Balaban J connectivity index is 1.52. The number of piperidine rings is 1. The van der Waals surface area contributed by atoms with Gasteiger partial charge >= 0.3 is 12.2 Å². The van der Waals surface area contributed by atoms with Crippen molar-refractivity contribution in [2.45, 2.75) is 63.6 Å². The lowest BCUT2D eigenvalue weighted by molar-refractivity contribution is -0.139. The van der Waals surface area contributed by atoms with Crippen LogP contribution in [0, 0.1) is 11.7 Å². The molecular weight excluding hydrogens is 544 g/mol. The van der Waals surface area contributed by atoms with E-state index in [4.69, 9.17) is 0 Å². The molecule has 3 atom stereocenters. The number of alkyl halides is 3. The molecule has 222 valence electrons. The van der Waals surface area contributed by atoms with E-state index in [9.17, 15) is 37.1 Å². The summed E-state index contributed by atoms with van der Waals surface area (Å²) < 4.78 is 53.7. The normalized spacial score (nSPS) is 20.5. The van der Waals surface area contributed by atoms with E-state index in [1.54, 1.807) is 18.7 Å². The summed E-state index contributed by atoms with van der Waals surface area (Å²) in [5.74, 6) is -3.21. The predicted molar refractivity (Wildman–Crippen MR) is 142 cm³/mol. The number of hydrogen-bond donors (Lipinski definition) is 2. The molecule has 2 heterocycles. The van der Waals surface area contributed by atoms with Crippen LogP contribution in [0.1, 0.15) is 61.1 Å². The lowest BCUT2D eigenvalue weighted by atomic mass is 9.83. The van der Waals surface area contributed by atoms with Crippen molar-refractivity contribution in [1.29, 1.82) is 0 Å².